The minimum atomic E-state index is -0.735. The van der Waals surface area contributed by atoms with Gasteiger partial charge in [-0.1, -0.05) is 0 Å². The minimum absolute atomic E-state index is 0.0976. The van der Waals surface area contributed by atoms with Crippen LogP contribution in [-0.4, -0.2) is 37.0 Å². The van der Waals surface area contributed by atoms with E-state index in [9.17, 15) is 5.11 Å². The van der Waals surface area contributed by atoms with Crippen molar-refractivity contribution in [1.82, 2.24) is 20.2 Å². The number of aromatic nitrogens is 4. The predicted molar refractivity (Wildman–Crippen MR) is 53.9 cm³/mol. The van der Waals surface area contributed by atoms with Crippen molar-refractivity contribution < 1.29 is 5.11 Å². The van der Waals surface area contributed by atoms with Crippen LogP contribution in [0.2, 0.25) is 0 Å². The molecule has 0 saturated heterocycles. The SMILES string of the molecule is Cn1nnc(CC2(O)CCCC(N)C2)n1. The fraction of sp³-hybridized carbons (Fsp3) is 0.889. The molecule has 2 atom stereocenters. The molecule has 0 aliphatic heterocycles. The molecule has 1 aliphatic rings. The summed E-state index contributed by atoms with van der Waals surface area (Å²) in [6, 6.07) is 0.0976. The van der Waals surface area contributed by atoms with Crippen LogP contribution in [0.15, 0.2) is 0 Å². The highest BCUT2D eigenvalue weighted by Crippen LogP contribution is 2.29. The van der Waals surface area contributed by atoms with Crippen molar-refractivity contribution in [1.29, 1.82) is 0 Å². The van der Waals surface area contributed by atoms with Crippen LogP contribution in [0.1, 0.15) is 31.5 Å². The monoisotopic (exact) mass is 211 g/mol. The Morgan fingerprint density at radius 3 is 3.07 bits per heavy atom. The third-order valence-corrected chi connectivity index (χ3v) is 2.90. The predicted octanol–water partition coefficient (Wildman–Crippen LogP) is -0.615. The van der Waals surface area contributed by atoms with E-state index in [-0.39, 0.29) is 6.04 Å². The van der Waals surface area contributed by atoms with E-state index in [0.29, 0.717) is 18.7 Å². The zero-order valence-electron chi connectivity index (χ0n) is 8.93. The molecule has 1 fully saturated rings. The molecule has 0 amide bonds. The number of nitrogens with two attached hydrogens (primary N) is 1. The number of hydrogen-bond acceptors (Lipinski definition) is 5. The first-order chi connectivity index (χ1) is 7.07. The van der Waals surface area contributed by atoms with Gasteiger partial charge in [0.05, 0.1) is 12.6 Å². The van der Waals surface area contributed by atoms with Crippen LogP contribution in [0.25, 0.3) is 0 Å². The van der Waals surface area contributed by atoms with Crippen LogP contribution in [0, 0.1) is 0 Å². The van der Waals surface area contributed by atoms with Gasteiger partial charge in [0.2, 0.25) is 0 Å². The van der Waals surface area contributed by atoms with Gasteiger partial charge in [0.25, 0.3) is 0 Å². The Kier molecular flexibility index (Phi) is 2.70. The van der Waals surface area contributed by atoms with Gasteiger partial charge in [-0.2, -0.15) is 4.80 Å². The number of aryl methyl sites for hydroxylation is 1. The Morgan fingerprint density at radius 2 is 2.47 bits per heavy atom. The maximum Gasteiger partial charge on any atom is 0.177 e. The second-order valence-electron chi connectivity index (χ2n) is 4.45. The van der Waals surface area contributed by atoms with Gasteiger partial charge < -0.3 is 10.8 Å². The van der Waals surface area contributed by atoms with Crippen LogP contribution < -0.4 is 5.73 Å². The highest BCUT2D eigenvalue weighted by atomic mass is 16.3. The maximum atomic E-state index is 10.3. The number of tetrazole rings is 1. The molecule has 0 bridgehead atoms. The van der Waals surface area contributed by atoms with Gasteiger partial charge in [0, 0.05) is 12.5 Å². The molecule has 0 aromatic carbocycles. The Morgan fingerprint density at radius 1 is 1.67 bits per heavy atom. The van der Waals surface area contributed by atoms with E-state index in [2.05, 4.69) is 15.4 Å². The molecule has 2 unspecified atom stereocenters. The quantitative estimate of drug-likeness (QED) is 0.680. The summed E-state index contributed by atoms with van der Waals surface area (Å²) in [4.78, 5) is 1.40. The van der Waals surface area contributed by atoms with Crippen molar-refractivity contribution in [2.75, 3.05) is 0 Å². The topological polar surface area (TPSA) is 89.8 Å². The summed E-state index contributed by atoms with van der Waals surface area (Å²) in [5.41, 5.74) is 5.11. The van der Waals surface area contributed by atoms with E-state index in [1.54, 1.807) is 7.05 Å². The standard InChI is InChI=1S/C9H17N5O/c1-14-12-8(11-13-14)6-9(15)4-2-3-7(10)5-9/h7,15H,2-6,10H2,1H3. The molecule has 1 heterocycles. The van der Waals surface area contributed by atoms with Gasteiger partial charge in [0.1, 0.15) is 0 Å². The summed E-state index contributed by atoms with van der Waals surface area (Å²) in [6.07, 6.45) is 3.83. The molecule has 6 heteroatoms. The zero-order chi connectivity index (χ0) is 10.9. The molecular formula is C9H17N5O. The lowest BCUT2D eigenvalue weighted by Gasteiger charge is -2.34. The van der Waals surface area contributed by atoms with Gasteiger partial charge in [-0.15, -0.1) is 10.2 Å². The fourth-order valence-electron chi connectivity index (χ4n) is 2.23. The molecule has 3 N–H and O–H groups in total. The highest BCUT2D eigenvalue weighted by Gasteiger charge is 2.34. The Balaban J connectivity index is 2.03. The third-order valence-electron chi connectivity index (χ3n) is 2.90. The Labute approximate surface area is 88.5 Å². The molecule has 6 nitrogen and oxygen atoms in total. The van der Waals surface area contributed by atoms with Crippen molar-refractivity contribution in [3.63, 3.8) is 0 Å². The van der Waals surface area contributed by atoms with Crippen molar-refractivity contribution in [3.05, 3.63) is 5.82 Å². The average Bonchev–Trinajstić information content (AvgIpc) is 2.49. The normalized spacial score (nSPS) is 31.8. The van der Waals surface area contributed by atoms with E-state index in [4.69, 9.17) is 5.73 Å². The number of hydrogen-bond donors (Lipinski definition) is 2. The summed E-state index contributed by atoms with van der Waals surface area (Å²) in [5, 5.41) is 22.0. The van der Waals surface area contributed by atoms with E-state index in [1.165, 1.54) is 4.80 Å². The maximum absolute atomic E-state index is 10.3. The summed E-state index contributed by atoms with van der Waals surface area (Å²) in [5.74, 6) is 0.592. The second-order valence-corrected chi connectivity index (χ2v) is 4.45. The molecule has 1 aliphatic carbocycles. The third kappa shape index (κ3) is 2.51. The lowest BCUT2D eigenvalue weighted by atomic mass is 9.80. The fourth-order valence-corrected chi connectivity index (χ4v) is 2.23. The summed E-state index contributed by atoms with van der Waals surface area (Å²) < 4.78 is 0. The van der Waals surface area contributed by atoms with Crippen LogP contribution in [-0.2, 0) is 13.5 Å². The average molecular weight is 211 g/mol. The largest absolute Gasteiger partial charge is 0.389 e. The number of aliphatic hydroxyl groups is 1. The molecule has 0 radical (unpaired) electrons. The molecule has 84 valence electrons. The van der Waals surface area contributed by atoms with E-state index in [0.717, 1.165) is 19.3 Å². The van der Waals surface area contributed by atoms with Gasteiger partial charge >= 0.3 is 0 Å². The Hall–Kier alpha value is -1.01. The highest BCUT2D eigenvalue weighted by molar-refractivity contribution is 4.95. The van der Waals surface area contributed by atoms with Crippen molar-refractivity contribution in [3.8, 4) is 0 Å². The smallest absolute Gasteiger partial charge is 0.177 e. The molecule has 1 saturated carbocycles. The summed E-state index contributed by atoms with van der Waals surface area (Å²) >= 11 is 0. The number of nitrogens with zero attached hydrogens (tertiary/aromatic N) is 4. The molecule has 0 spiro atoms. The zero-order valence-corrected chi connectivity index (χ0v) is 8.93. The van der Waals surface area contributed by atoms with Crippen molar-refractivity contribution >= 4 is 0 Å². The van der Waals surface area contributed by atoms with Gasteiger partial charge in [-0.3, -0.25) is 0 Å². The summed E-state index contributed by atoms with van der Waals surface area (Å²) in [7, 11) is 1.72. The van der Waals surface area contributed by atoms with Crippen LogP contribution >= 0.6 is 0 Å². The first-order valence-corrected chi connectivity index (χ1v) is 5.28. The van der Waals surface area contributed by atoms with Gasteiger partial charge in [-0.05, 0) is 30.9 Å². The first kappa shape index (κ1) is 10.5. The van der Waals surface area contributed by atoms with Crippen molar-refractivity contribution in [2.24, 2.45) is 12.8 Å². The molecule has 1 aromatic rings. The van der Waals surface area contributed by atoms with E-state index in [1.807, 2.05) is 0 Å². The second kappa shape index (κ2) is 3.86. The minimum Gasteiger partial charge on any atom is -0.389 e. The first-order valence-electron chi connectivity index (χ1n) is 5.28. The van der Waals surface area contributed by atoms with Crippen LogP contribution in [0.4, 0.5) is 0 Å². The van der Waals surface area contributed by atoms with Crippen LogP contribution in [0.3, 0.4) is 0 Å². The van der Waals surface area contributed by atoms with Crippen LogP contribution in [0.5, 0.6) is 0 Å². The van der Waals surface area contributed by atoms with E-state index >= 15 is 0 Å². The molecular weight excluding hydrogens is 194 g/mol. The molecule has 2 rings (SSSR count). The van der Waals surface area contributed by atoms with E-state index < -0.39 is 5.60 Å². The Bertz CT molecular complexity index is 339. The van der Waals surface area contributed by atoms with Gasteiger partial charge in [-0.25, -0.2) is 0 Å². The summed E-state index contributed by atoms with van der Waals surface area (Å²) in [6.45, 7) is 0. The van der Waals surface area contributed by atoms with Crippen molar-refractivity contribution in [2.45, 2.75) is 43.7 Å². The van der Waals surface area contributed by atoms with Gasteiger partial charge in [0.15, 0.2) is 5.82 Å². The lowest BCUT2D eigenvalue weighted by molar-refractivity contribution is -0.00360. The molecule has 1 aromatic heterocycles. The lowest BCUT2D eigenvalue weighted by Crippen LogP contribution is -2.43. The molecule has 15 heavy (non-hydrogen) atoms. The number of rotatable bonds is 2.